The van der Waals surface area contributed by atoms with Crippen molar-refractivity contribution in [3.63, 3.8) is 0 Å². The predicted molar refractivity (Wildman–Crippen MR) is 77.3 cm³/mol. The molecule has 100 valence electrons. The molecule has 0 aliphatic carbocycles. The highest BCUT2D eigenvalue weighted by molar-refractivity contribution is 14.1. The number of halogens is 1. The van der Waals surface area contributed by atoms with Crippen LogP contribution < -0.4 is 4.74 Å². The summed E-state index contributed by atoms with van der Waals surface area (Å²) in [6.07, 6.45) is 0. The molecule has 4 nitrogen and oxygen atoms in total. The maximum atomic E-state index is 10.8. The van der Waals surface area contributed by atoms with Gasteiger partial charge in [0.1, 0.15) is 12.4 Å². The van der Waals surface area contributed by atoms with Gasteiger partial charge in [-0.3, -0.25) is 0 Å². The topological polar surface area (TPSA) is 55.8 Å². The quantitative estimate of drug-likeness (QED) is 0.597. The van der Waals surface area contributed by atoms with Crippen molar-refractivity contribution < 1.29 is 19.4 Å². The van der Waals surface area contributed by atoms with Crippen molar-refractivity contribution in [2.75, 3.05) is 19.8 Å². The molecule has 1 N–H and O–H groups in total. The van der Waals surface area contributed by atoms with Gasteiger partial charge in [-0.2, -0.15) is 0 Å². The zero-order valence-electron chi connectivity index (χ0n) is 10.5. The molecule has 0 aromatic heterocycles. The molecule has 0 bridgehead atoms. The Labute approximate surface area is 120 Å². The van der Waals surface area contributed by atoms with Crippen LogP contribution in [0.5, 0.6) is 5.75 Å². The first-order valence-electron chi connectivity index (χ1n) is 5.74. The molecule has 0 atom stereocenters. The number of benzene rings is 1. The van der Waals surface area contributed by atoms with Crippen LogP contribution in [0.3, 0.4) is 0 Å². The van der Waals surface area contributed by atoms with Crippen molar-refractivity contribution in [1.29, 1.82) is 0 Å². The smallest absolute Gasteiger partial charge is 0.335 e. The highest BCUT2D eigenvalue weighted by Gasteiger charge is 2.07. The average Bonchev–Trinajstić information content (AvgIpc) is 2.30. The number of rotatable bonds is 7. The van der Waals surface area contributed by atoms with E-state index in [0.717, 1.165) is 3.57 Å². The van der Waals surface area contributed by atoms with Crippen LogP contribution in [-0.4, -0.2) is 30.9 Å². The van der Waals surface area contributed by atoms with E-state index in [0.29, 0.717) is 31.5 Å². The second kappa shape index (κ2) is 7.58. The molecule has 0 aliphatic rings. The summed E-state index contributed by atoms with van der Waals surface area (Å²) in [5, 5.41) is 8.89. The Morgan fingerprint density at radius 1 is 1.39 bits per heavy atom. The van der Waals surface area contributed by atoms with Gasteiger partial charge in [0.25, 0.3) is 0 Å². The summed E-state index contributed by atoms with van der Waals surface area (Å²) in [6.45, 7) is 5.80. The zero-order chi connectivity index (χ0) is 13.5. The number of carbonyl (C=O) groups is 1. The standard InChI is InChI=1S/C13H17IO4/c1-9(2)8-17-5-6-18-12-7-10(13(15)16)3-4-11(12)14/h3-4,7,9H,5-6,8H2,1-2H3,(H,15,16). The Morgan fingerprint density at radius 2 is 2.11 bits per heavy atom. The van der Waals surface area contributed by atoms with E-state index in [4.69, 9.17) is 14.6 Å². The molecular weight excluding hydrogens is 347 g/mol. The predicted octanol–water partition coefficient (Wildman–Crippen LogP) is 3.04. The number of aromatic carboxylic acids is 1. The maximum absolute atomic E-state index is 10.8. The summed E-state index contributed by atoms with van der Waals surface area (Å²) < 4.78 is 11.8. The van der Waals surface area contributed by atoms with Crippen molar-refractivity contribution in [3.05, 3.63) is 27.3 Å². The van der Waals surface area contributed by atoms with E-state index in [9.17, 15) is 4.79 Å². The number of carboxylic acids is 1. The van der Waals surface area contributed by atoms with Crippen LogP contribution in [0.25, 0.3) is 0 Å². The highest BCUT2D eigenvalue weighted by atomic mass is 127. The fourth-order valence-electron chi connectivity index (χ4n) is 1.28. The van der Waals surface area contributed by atoms with E-state index in [-0.39, 0.29) is 5.56 Å². The minimum atomic E-state index is -0.952. The van der Waals surface area contributed by atoms with E-state index in [2.05, 4.69) is 36.4 Å². The lowest BCUT2D eigenvalue weighted by Crippen LogP contribution is -2.11. The Morgan fingerprint density at radius 3 is 2.72 bits per heavy atom. The first-order chi connectivity index (χ1) is 8.50. The van der Waals surface area contributed by atoms with Crippen molar-refractivity contribution in [3.8, 4) is 5.75 Å². The van der Waals surface area contributed by atoms with Crippen LogP contribution in [0.4, 0.5) is 0 Å². The first-order valence-corrected chi connectivity index (χ1v) is 6.82. The fraction of sp³-hybridized carbons (Fsp3) is 0.462. The molecule has 0 heterocycles. The second-order valence-corrected chi connectivity index (χ2v) is 5.43. The lowest BCUT2D eigenvalue weighted by molar-refractivity contribution is 0.0695. The largest absolute Gasteiger partial charge is 0.490 e. The van der Waals surface area contributed by atoms with Gasteiger partial charge in [-0.1, -0.05) is 13.8 Å². The SMILES string of the molecule is CC(C)COCCOc1cc(C(=O)O)ccc1I. The Hall–Kier alpha value is -0.820. The Kier molecular flexibility index (Phi) is 6.42. The van der Waals surface area contributed by atoms with E-state index in [1.54, 1.807) is 12.1 Å². The van der Waals surface area contributed by atoms with Crippen molar-refractivity contribution >= 4 is 28.6 Å². The third-order valence-corrected chi connectivity index (χ3v) is 3.01. The molecule has 1 aromatic carbocycles. The highest BCUT2D eigenvalue weighted by Crippen LogP contribution is 2.22. The molecule has 0 spiro atoms. The lowest BCUT2D eigenvalue weighted by atomic mass is 10.2. The first kappa shape index (κ1) is 15.2. The maximum Gasteiger partial charge on any atom is 0.335 e. The molecule has 1 rings (SSSR count). The molecule has 0 saturated heterocycles. The third-order valence-electron chi connectivity index (χ3n) is 2.11. The van der Waals surface area contributed by atoms with Crippen LogP contribution in [0.2, 0.25) is 0 Å². The zero-order valence-corrected chi connectivity index (χ0v) is 12.6. The van der Waals surface area contributed by atoms with Gasteiger partial charge in [-0.15, -0.1) is 0 Å². The van der Waals surface area contributed by atoms with Crippen LogP contribution in [0.15, 0.2) is 18.2 Å². The summed E-state index contributed by atoms with van der Waals surface area (Å²) in [5.41, 5.74) is 0.230. The summed E-state index contributed by atoms with van der Waals surface area (Å²) in [6, 6.07) is 4.83. The molecule has 1 aromatic rings. The van der Waals surface area contributed by atoms with Crippen molar-refractivity contribution in [1.82, 2.24) is 0 Å². The lowest BCUT2D eigenvalue weighted by Gasteiger charge is -2.10. The number of ether oxygens (including phenoxy) is 2. The van der Waals surface area contributed by atoms with Gasteiger partial charge >= 0.3 is 5.97 Å². The van der Waals surface area contributed by atoms with Crippen molar-refractivity contribution in [2.45, 2.75) is 13.8 Å². The van der Waals surface area contributed by atoms with Crippen LogP contribution in [-0.2, 0) is 4.74 Å². The van der Waals surface area contributed by atoms with Gasteiger partial charge in [-0.25, -0.2) is 4.79 Å². The summed E-state index contributed by atoms with van der Waals surface area (Å²) in [4.78, 5) is 10.8. The number of carboxylic acid groups (broad SMARTS) is 1. The Balaban J connectivity index is 2.46. The molecule has 0 radical (unpaired) electrons. The van der Waals surface area contributed by atoms with Gasteiger partial charge in [0.15, 0.2) is 0 Å². The van der Waals surface area contributed by atoms with Gasteiger partial charge in [0, 0.05) is 6.61 Å². The molecule has 0 fully saturated rings. The van der Waals surface area contributed by atoms with E-state index in [1.807, 2.05) is 0 Å². The molecule has 0 aliphatic heterocycles. The fourth-order valence-corrected chi connectivity index (χ4v) is 1.77. The van der Waals surface area contributed by atoms with Gasteiger partial charge in [0.05, 0.1) is 15.7 Å². The number of hydrogen-bond donors (Lipinski definition) is 1. The third kappa shape index (κ3) is 5.22. The second-order valence-electron chi connectivity index (χ2n) is 4.27. The van der Waals surface area contributed by atoms with Gasteiger partial charge in [0.2, 0.25) is 0 Å². The van der Waals surface area contributed by atoms with Crippen LogP contribution in [0, 0.1) is 9.49 Å². The molecular formula is C13H17IO4. The molecule has 0 amide bonds. The van der Waals surface area contributed by atoms with E-state index < -0.39 is 5.97 Å². The minimum absolute atomic E-state index is 0.230. The number of hydrogen-bond acceptors (Lipinski definition) is 3. The molecule has 0 unspecified atom stereocenters. The molecule has 0 saturated carbocycles. The normalized spacial score (nSPS) is 10.7. The summed E-state index contributed by atoms with van der Waals surface area (Å²) >= 11 is 2.11. The summed E-state index contributed by atoms with van der Waals surface area (Å²) in [5.74, 6) is 0.136. The van der Waals surface area contributed by atoms with Gasteiger partial charge in [-0.05, 0) is 46.7 Å². The van der Waals surface area contributed by atoms with E-state index in [1.165, 1.54) is 6.07 Å². The minimum Gasteiger partial charge on any atom is -0.490 e. The monoisotopic (exact) mass is 364 g/mol. The molecule has 5 heteroatoms. The van der Waals surface area contributed by atoms with E-state index >= 15 is 0 Å². The molecule has 18 heavy (non-hydrogen) atoms. The van der Waals surface area contributed by atoms with Crippen LogP contribution >= 0.6 is 22.6 Å². The Bertz CT molecular complexity index is 404. The van der Waals surface area contributed by atoms with Crippen LogP contribution in [0.1, 0.15) is 24.2 Å². The summed E-state index contributed by atoms with van der Waals surface area (Å²) in [7, 11) is 0. The van der Waals surface area contributed by atoms with Crippen molar-refractivity contribution in [2.24, 2.45) is 5.92 Å². The van der Waals surface area contributed by atoms with Gasteiger partial charge < -0.3 is 14.6 Å². The average molecular weight is 364 g/mol.